The average molecular weight is 314 g/mol. The number of halogens is 1. The molecule has 8 heteroatoms. The number of β-amino-alcohol motifs (C(OH)–C–C–N with tert-alkyl or cyclic N) is 1. The Labute approximate surface area is 126 Å². The quantitative estimate of drug-likeness (QED) is 0.491. The largest absolute Gasteiger partial charge is 0.392 e. The molecule has 2 rings (SSSR count). The lowest BCUT2D eigenvalue weighted by molar-refractivity contribution is -0.383. The summed E-state index contributed by atoms with van der Waals surface area (Å²) in [5.74, 6) is -0.403. The molecule has 21 heavy (non-hydrogen) atoms. The molecule has 114 valence electrons. The first-order valence-electron chi connectivity index (χ1n) is 6.46. The molecule has 0 saturated carbocycles. The van der Waals surface area contributed by atoms with Gasteiger partial charge in [0.1, 0.15) is 5.69 Å². The molecular formula is C13H16ClN3O4. The smallest absolute Gasteiger partial charge is 0.294 e. The summed E-state index contributed by atoms with van der Waals surface area (Å²) in [5, 5.41) is 20.9. The molecule has 1 aliphatic heterocycles. The van der Waals surface area contributed by atoms with Gasteiger partial charge in [0.15, 0.2) is 0 Å². The standard InChI is InChI=1S/C13H16ClN3O4/c1-13(19)3-2-4-16(7-13)12(18)8-5-9(14)11(15)10(6-8)17(20)21/h5-6,19H,2-4,7,15H2,1H3. The topological polar surface area (TPSA) is 110 Å². The van der Waals surface area contributed by atoms with Crippen LogP contribution in [0.5, 0.6) is 0 Å². The van der Waals surface area contributed by atoms with E-state index in [0.717, 1.165) is 6.07 Å². The normalized spacial score (nSPS) is 22.1. The Balaban J connectivity index is 2.33. The maximum absolute atomic E-state index is 12.4. The number of piperidine rings is 1. The van der Waals surface area contributed by atoms with Gasteiger partial charge in [-0.2, -0.15) is 0 Å². The summed E-state index contributed by atoms with van der Waals surface area (Å²) >= 11 is 5.85. The molecule has 0 bridgehead atoms. The van der Waals surface area contributed by atoms with Crippen molar-refractivity contribution >= 4 is 28.9 Å². The van der Waals surface area contributed by atoms with Crippen LogP contribution in [0.1, 0.15) is 30.1 Å². The first kappa shape index (κ1) is 15.5. The minimum Gasteiger partial charge on any atom is -0.392 e. The highest BCUT2D eigenvalue weighted by Gasteiger charge is 2.32. The van der Waals surface area contributed by atoms with Gasteiger partial charge in [-0.1, -0.05) is 11.6 Å². The van der Waals surface area contributed by atoms with E-state index in [1.807, 2.05) is 0 Å². The highest BCUT2D eigenvalue weighted by atomic mass is 35.5. The second-order valence-corrected chi connectivity index (χ2v) is 5.88. The summed E-state index contributed by atoms with van der Waals surface area (Å²) in [6.45, 7) is 2.33. The minimum absolute atomic E-state index is 0.0312. The molecule has 1 fully saturated rings. The summed E-state index contributed by atoms with van der Waals surface area (Å²) in [6.07, 6.45) is 1.28. The molecule has 1 amide bonds. The fraction of sp³-hybridized carbons (Fsp3) is 0.462. The van der Waals surface area contributed by atoms with Gasteiger partial charge in [-0.05, 0) is 25.8 Å². The Morgan fingerprint density at radius 2 is 2.24 bits per heavy atom. The molecule has 1 atom stereocenters. The second-order valence-electron chi connectivity index (χ2n) is 5.48. The summed E-state index contributed by atoms with van der Waals surface area (Å²) < 4.78 is 0. The zero-order valence-corrected chi connectivity index (χ0v) is 12.3. The molecule has 0 aromatic heterocycles. The van der Waals surface area contributed by atoms with E-state index in [1.165, 1.54) is 11.0 Å². The number of nitrogens with zero attached hydrogens (tertiary/aromatic N) is 2. The van der Waals surface area contributed by atoms with Crippen molar-refractivity contribution in [2.45, 2.75) is 25.4 Å². The van der Waals surface area contributed by atoms with Crippen LogP contribution in [-0.2, 0) is 0 Å². The number of rotatable bonds is 2. The van der Waals surface area contributed by atoms with Crippen molar-refractivity contribution in [3.05, 3.63) is 32.8 Å². The van der Waals surface area contributed by atoms with Gasteiger partial charge in [0.25, 0.3) is 11.6 Å². The molecule has 1 aromatic carbocycles. The van der Waals surface area contributed by atoms with Gasteiger partial charge in [-0.25, -0.2) is 0 Å². The molecule has 3 N–H and O–H groups in total. The monoisotopic (exact) mass is 313 g/mol. The maximum atomic E-state index is 12.4. The molecule has 1 aromatic rings. The first-order valence-corrected chi connectivity index (χ1v) is 6.84. The fourth-order valence-electron chi connectivity index (χ4n) is 2.45. The third-order valence-corrected chi connectivity index (χ3v) is 3.83. The van der Waals surface area contributed by atoms with E-state index in [4.69, 9.17) is 17.3 Å². The Morgan fingerprint density at radius 1 is 1.57 bits per heavy atom. The van der Waals surface area contributed by atoms with Crippen molar-refractivity contribution in [1.82, 2.24) is 4.90 Å². The number of nitro benzene ring substituents is 1. The number of amides is 1. The van der Waals surface area contributed by atoms with E-state index in [2.05, 4.69) is 0 Å². The van der Waals surface area contributed by atoms with Crippen LogP contribution in [0.4, 0.5) is 11.4 Å². The van der Waals surface area contributed by atoms with E-state index >= 15 is 0 Å². The fourth-order valence-corrected chi connectivity index (χ4v) is 2.67. The predicted octanol–water partition coefficient (Wildman–Crippen LogP) is 1.82. The van der Waals surface area contributed by atoms with E-state index in [-0.39, 0.29) is 22.8 Å². The number of carbonyl (C=O) groups excluding carboxylic acids is 1. The number of anilines is 1. The Morgan fingerprint density at radius 3 is 2.81 bits per heavy atom. The van der Waals surface area contributed by atoms with E-state index in [0.29, 0.717) is 19.4 Å². The first-order chi connectivity index (χ1) is 9.71. The van der Waals surface area contributed by atoms with Gasteiger partial charge in [0.05, 0.1) is 15.5 Å². The van der Waals surface area contributed by atoms with Gasteiger partial charge in [-0.3, -0.25) is 14.9 Å². The zero-order valence-electron chi connectivity index (χ0n) is 11.5. The van der Waals surface area contributed by atoms with Gasteiger partial charge in [-0.15, -0.1) is 0 Å². The number of likely N-dealkylation sites (tertiary alicyclic amines) is 1. The molecule has 7 nitrogen and oxygen atoms in total. The van der Waals surface area contributed by atoms with E-state index < -0.39 is 22.1 Å². The van der Waals surface area contributed by atoms with Crippen LogP contribution in [0.2, 0.25) is 5.02 Å². The van der Waals surface area contributed by atoms with Crippen LogP contribution in [-0.4, -0.2) is 39.5 Å². The van der Waals surface area contributed by atoms with E-state index in [1.54, 1.807) is 6.92 Å². The summed E-state index contributed by atoms with van der Waals surface area (Å²) in [4.78, 5) is 24.1. The zero-order chi connectivity index (χ0) is 15.8. The van der Waals surface area contributed by atoms with Crippen LogP contribution in [0.15, 0.2) is 12.1 Å². The third-order valence-electron chi connectivity index (χ3n) is 3.51. The lowest BCUT2D eigenvalue weighted by atomic mass is 9.94. The molecule has 1 unspecified atom stereocenters. The lowest BCUT2D eigenvalue weighted by Gasteiger charge is -2.36. The van der Waals surface area contributed by atoms with Crippen molar-refractivity contribution in [1.29, 1.82) is 0 Å². The highest BCUT2D eigenvalue weighted by molar-refractivity contribution is 6.34. The van der Waals surface area contributed by atoms with Crippen LogP contribution >= 0.6 is 11.6 Å². The Kier molecular flexibility index (Phi) is 4.06. The van der Waals surface area contributed by atoms with Gasteiger partial charge in [0.2, 0.25) is 0 Å². The molecule has 0 aliphatic carbocycles. The van der Waals surface area contributed by atoms with Crippen LogP contribution in [0.3, 0.4) is 0 Å². The van der Waals surface area contributed by atoms with Crippen molar-refractivity contribution < 1.29 is 14.8 Å². The minimum atomic E-state index is -0.947. The van der Waals surface area contributed by atoms with Gasteiger partial charge in [0, 0.05) is 24.7 Å². The number of nitro groups is 1. The number of hydrogen-bond donors (Lipinski definition) is 2. The van der Waals surface area contributed by atoms with Gasteiger partial charge >= 0.3 is 0 Å². The number of nitrogen functional groups attached to an aromatic ring is 1. The van der Waals surface area contributed by atoms with E-state index in [9.17, 15) is 20.0 Å². The third kappa shape index (κ3) is 3.25. The van der Waals surface area contributed by atoms with Crippen molar-refractivity contribution in [2.75, 3.05) is 18.8 Å². The maximum Gasteiger partial charge on any atom is 0.294 e. The summed E-state index contributed by atoms with van der Waals surface area (Å²) in [7, 11) is 0. The van der Waals surface area contributed by atoms with Crippen molar-refractivity contribution in [3.63, 3.8) is 0 Å². The molecule has 1 saturated heterocycles. The number of benzene rings is 1. The van der Waals surface area contributed by atoms with Crippen LogP contribution in [0, 0.1) is 10.1 Å². The molecule has 1 heterocycles. The van der Waals surface area contributed by atoms with Crippen molar-refractivity contribution in [2.24, 2.45) is 0 Å². The molecule has 0 spiro atoms. The predicted molar refractivity (Wildman–Crippen MR) is 78.3 cm³/mol. The van der Waals surface area contributed by atoms with Crippen LogP contribution < -0.4 is 5.73 Å². The molecular weight excluding hydrogens is 298 g/mol. The second kappa shape index (κ2) is 5.50. The molecule has 1 aliphatic rings. The SMILES string of the molecule is CC1(O)CCCN(C(=O)c2cc(Cl)c(N)c([N+](=O)[O-])c2)C1. The lowest BCUT2D eigenvalue weighted by Crippen LogP contribution is -2.48. The van der Waals surface area contributed by atoms with Crippen LogP contribution in [0.25, 0.3) is 0 Å². The highest BCUT2D eigenvalue weighted by Crippen LogP contribution is 2.32. The van der Waals surface area contributed by atoms with Crippen molar-refractivity contribution in [3.8, 4) is 0 Å². The summed E-state index contributed by atoms with van der Waals surface area (Å²) in [5.41, 5.74) is 4.13. The number of nitrogens with two attached hydrogens (primary N) is 1. The average Bonchev–Trinajstić information content (AvgIpc) is 2.39. The number of hydrogen-bond acceptors (Lipinski definition) is 5. The number of aliphatic hydroxyl groups is 1. The number of carbonyl (C=O) groups is 1. The Bertz CT molecular complexity index is 603. The van der Waals surface area contributed by atoms with Gasteiger partial charge < -0.3 is 15.7 Å². The summed E-state index contributed by atoms with van der Waals surface area (Å²) in [6, 6.07) is 2.43. The Hall–Kier alpha value is -1.86. The molecule has 0 radical (unpaired) electrons.